The molecule has 0 N–H and O–H groups in total. The molecule has 0 aliphatic carbocycles. The summed E-state index contributed by atoms with van der Waals surface area (Å²) in [6, 6.07) is 11.3. The minimum atomic E-state index is 0.381. The minimum Gasteiger partial charge on any atom is -0.488 e. The topological polar surface area (TPSA) is 9.23 Å². The maximum absolute atomic E-state index is 6.09. The van der Waals surface area contributed by atoms with Gasteiger partial charge in [-0.1, -0.05) is 45.2 Å². The van der Waals surface area contributed by atoms with Crippen LogP contribution in [0.2, 0.25) is 10.0 Å². The zero-order valence-electron chi connectivity index (χ0n) is 9.80. The lowest BCUT2D eigenvalue weighted by Crippen LogP contribution is -1.97. The molecule has 0 radical (unpaired) electrons. The van der Waals surface area contributed by atoms with E-state index in [2.05, 4.69) is 31.9 Å². The zero-order chi connectivity index (χ0) is 13.8. The van der Waals surface area contributed by atoms with E-state index in [0.717, 1.165) is 21.1 Å². The summed E-state index contributed by atoms with van der Waals surface area (Å²) in [5.74, 6) is 0.778. The highest BCUT2D eigenvalue weighted by atomic mass is 79.9. The number of halogens is 4. The molecule has 19 heavy (non-hydrogen) atoms. The van der Waals surface area contributed by atoms with Crippen molar-refractivity contribution in [3.05, 3.63) is 62.0 Å². The Kier molecular flexibility index (Phi) is 5.58. The number of hydrogen-bond acceptors (Lipinski definition) is 1. The summed E-state index contributed by atoms with van der Waals surface area (Å²) < 4.78 is 6.67. The van der Waals surface area contributed by atoms with Gasteiger partial charge in [-0.05, 0) is 51.8 Å². The highest BCUT2D eigenvalue weighted by molar-refractivity contribution is 9.10. The van der Waals surface area contributed by atoms with Crippen LogP contribution in [-0.4, -0.2) is 0 Å². The number of alkyl halides is 1. The van der Waals surface area contributed by atoms with Crippen LogP contribution in [-0.2, 0) is 11.9 Å². The molecule has 5 heteroatoms. The van der Waals surface area contributed by atoms with Crippen molar-refractivity contribution in [3.63, 3.8) is 0 Å². The van der Waals surface area contributed by atoms with Crippen molar-refractivity contribution in [2.75, 3.05) is 0 Å². The van der Waals surface area contributed by atoms with E-state index in [1.165, 1.54) is 5.56 Å². The van der Waals surface area contributed by atoms with Crippen molar-refractivity contribution >= 4 is 55.1 Å². The number of rotatable bonds is 4. The van der Waals surface area contributed by atoms with Crippen LogP contribution in [0.15, 0.2) is 40.9 Å². The maximum Gasteiger partial charge on any atom is 0.134 e. The second-order valence-electron chi connectivity index (χ2n) is 3.92. The van der Waals surface area contributed by atoms with Crippen molar-refractivity contribution in [2.24, 2.45) is 0 Å². The molecule has 0 aromatic heterocycles. The molecule has 0 bridgehead atoms. The lowest BCUT2D eigenvalue weighted by molar-refractivity contribution is 0.304. The van der Waals surface area contributed by atoms with Crippen LogP contribution in [0.1, 0.15) is 11.1 Å². The van der Waals surface area contributed by atoms with Crippen molar-refractivity contribution in [1.29, 1.82) is 0 Å². The van der Waals surface area contributed by atoms with E-state index in [0.29, 0.717) is 16.7 Å². The van der Waals surface area contributed by atoms with Crippen LogP contribution in [0.3, 0.4) is 0 Å². The van der Waals surface area contributed by atoms with Gasteiger partial charge in [0, 0.05) is 20.9 Å². The highest BCUT2D eigenvalue weighted by Gasteiger charge is 2.06. The Bertz CT molecular complexity index is 588. The van der Waals surface area contributed by atoms with Crippen LogP contribution in [0.25, 0.3) is 0 Å². The maximum atomic E-state index is 6.09. The van der Waals surface area contributed by atoms with Crippen LogP contribution in [0, 0.1) is 0 Å². The summed E-state index contributed by atoms with van der Waals surface area (Å²) in [6.45, 7) is 0.381. The Morgan fingerprint density at radius 2 is 1.84 bits per heavy atom. The molecular formula is C14H10Br2Cl2O. The summed E-state index contributed by atoms with van der Waals surface area (Å²) in [5.41, 5.74) is 2.05. The second kappa shape index (κ2) is 6.98. The zero-order valence-corrected chi connectivity index (χ0v) is 14.5. The van der Waals surface area contributed by atoms with E-state index in [1.807, 2.05) is 24.3 Å². The predicted molar refractivity (Wildman–Crippen MR) is 87.6 cm³/mol. The molecule has 0 aliphatic heterocycles. The van der Waals surface area contributed by atoms with Crippen LogP contribution >= 0.6 is 55.1 Å². The predicted octanol–water partition coefficient (Wildman–Crippen LogP) is 6.23. The van der Waals surface area contributed by atoms with Crippen LogP contribution in [0.4, 0.5) is 0 Å². The summed E-state index contributed by atoms with van der Waals surface area (Å²) in [6.07, 6.45) is 0. The van der Waals surface area contributed by atoms with E-state index in [4.69, 9.17) is 27.9 Å². The minimum absolute atomic E-state index is 0.381. The van der Waals surface area contributed by atoms with Crippen molar-refractivity contribution in [3.8, 4) is 5.75 Å². The van der Waals surface area contributed by atoms with Gasteiger partial charge in [-0.25, -0.2) is 0 Å². The summed E-state index contributed by atoms with van der Waals surface area (Å²) in [5, 5.41) is 2.11. The molecule has 0 saturated heterocycles. The average Bonchev–Trinajstić information content (AvgIpc) is 2.40. The molecule has 1 nitrogen and oxygen atoms in total. The molecule has 0 aliphatic rings. The Balaban J connectivity index is 2.12. The van der Waals surface area contributed by atoms with Gasteiger partial charge >= 0.3 is 0 Å². The molecule has 100 valence electrons. The van der Waals surface area contributed by atoms with E-state index in [9.17, 15) is 0 Å². The smallest absolute Gasteiger partial charge is 0.134 e. The molecular weight excluding hydrogens is 415 g/mol. The van der Waals surface area contributed by atoms with Crippen molar-refractivity contribution in [1.82, 2.24) is 0 Å². The van der Waals surface area contributed by atoms with E-state index < -0.39 is 0 Å². The van der Waals surface area contributed by atoms with E-state index in [-0.39, 0.29) is 0 Å². The van der Waals surface area contributed by atoms with E-state index in [1.54, 1.807) is 12.1 Å². The Morgan fingerprint density at radius 3 is 2.53 bits per heavy atom. The van der Waals surface area contributed by atoms with Gasteiger partial charge in [0.05, 0.1) is 4.47 Å². The molecule has 0 amide bonds. The van der Waals surface area contributed by atoms with Gasteiger partial charge in [-0.3, -0.25) is 0 Å². The number of benzene rings is 2. The summed E-state index contributed by atoms with van der Waals surface area (Å²) >= 11 is 18.9. The Morgan fingerprint density at radius 1 is 1.05 bits per heavy atom. The largest absolute Gasteiger partial charge is 0.488 e. The lowest BCUT2D eigenvalue weighted by atomic mass is 10.2. The highest BCUT2D eigenvalue weighted by Crippen LogP contribution is 2.29. The first-order valence-electron chi connectivity index (χ1n) is 5.51. The molecule has 2 aromatic rings. The van der Waals surface area contributed by atoms with Crippen LogP contribution < -0.4 is 4.74 Å². The molecule has 2 aromatic carbocycles. The standard InChI is InChI=1S/C14H10Br2Cl2O/c15-7-9-1-4-14(12(16)5-9)19-8-10-6-11(17)2-3-13(10)18/h1-6H,7-8H2. The molecule has 0 fully saturated rings. The lowest BCUT2D eigenvalue weighted by Gasteiger charge is -2.10. The third-order valence-corrected chi connectivity index (χ3v) is 4.41. The second-order valence-corrected chi connectivity index (χ2v) is 6.18. The monoisotopic (exact) mass is 422 g/mol. The first-order valence-corrected chi connectivity index (χ1v) is 8.18. The molecule has 0 saturated carbocycles. The number of ether oxygens (including phenoxy) is 1. The van der Waals surface area contributed by atoms with Gasteiger partial charge in [0.15, 0.2) is 0 Å². The number of hydrogen-bond donors (Lipinski definition) is 0. The normalized spacial score (nSPS) is 10.5. The SMILES string of the molecule is Clc1ccc(Cl)c(COc2ccc(CBr)cc2Br)c1. The molecule has 0 atom stereocenters. The van der Waals surface area contributed by atoms with Gasteiger partial charge in [-0.2, -0.15) is 0 Å². The first-order chi connectivity index (χ1) is 9.10. The fourth-order valence-corrected chi connectivity index (χ4v) is 2.81. The van der Waals surface area contributed by atoms with Crippen molar-refractivity contribution in [2.45, 2.75) is 11.9 Å². The first kappa shape index (κ1) is 15.2. The molecule has 0 spiro atoms. The van der Waals surface area contributed by atoms with Crippen molar-refractivity contribution < 1.29 is 4.74 Å². The molecule has 0 heterocycles. The summed E-state index contributed by atoms with van der Waals surface area (Å²) in [7, 11) is 0. The summed E-state index contributed by atoms with van der Waals surface area (Å²) in [4.78, 5) is 0. The van der Waals surface area contributed by atoms with Gasteiger partial charge in [0.25, 0.3) is 0 Å². The quantitative estimate of drug-likeness (QED) is 0.528. The molecule has 2 rings (SSSR count). The fourth-order valence-electron chi connectivity index (χ4n) is 1.55. The van der Waals surface area contributed by atoms with Gasteiger partial charge in [0.2, 0.25) is 0 Å². The molecule has 0 unspecified atom stereocenters. The Labute approximate surface area is 139 Å². The van der Waals surface area contributed by atoms with Gasteiger partial charge in [-0.15, -0.1) is 0 Å². The van der Waals surface area contributed by atoms with Gasteiger partial charge in [0.1, 0.15) is 12.4 Å². The average molecular weight is 425 g/mol. The van der Waals surface area contributed by atoms with E-state index >= 15 is 0 Å². The third kappa shape index (κ3) is 4.12. The van der Waals surface area contributed by atoms with Crippen LogP contribution in [0.5, 0.6) is 5.75 Å². The fraction of sp³-hybridized carbons (Fsp3) is 0.143. The Hall–Kier alpha value is -0.220. The van der Waals surface area contributed by atoms with Gasteiger partial charge < -0.3 is 4.74 Å². The third-order valence-electron chi connectivity index (χ3n) is 2.54.